The highest BCUT2D eigenvalue weighted by atomic mass is 35.5. The number of carbonyl (C=O) groups is 1. The third-order valence-corrected chi connectivity index (χ3v) is 5.56. The topological polar surface area (TPSA) is 77.2 Å². The smallest absolute Gasteiger partial charge is 0.311 e. The molecule has 0 bridgehead atoms. The van der Waals surface area contributed by atoms with Gasteiger partial charge in [0.15, 0.2) is 0 Å². The number of rotatable bonds is 5. The number of fused-ring (bicyclic) bond motifs is 1. The second-order valence-electron chi connectivity index (χ2n) is 9.20. The molecule has 1 heterocycles. The normalized spacial score (nSPS) is 12.4. The van der Waals surface area contributed by atoms with Gasteiger partial charge in [-0.1, -0.05) is 39.3 Å². The van der Waals surface area contributed by atoms with Crippen molar-refractivity contribution in [2.45, 2.75) is 60.0 Å². The largest absolute Gasteiger partial charge is 0.505 e. The zero-order valence-electron chi connectivity index (χ0n) is 18.3. The van der Waals surface area contributed by atoms with Crippen molar-refractivity contribution in [3.05, 3.63) is 46.5 Å². The number of aromatic nitrogens is 3. The highest BCUT2D eigenvalue weighted by molar-refractivity contribution is 6.31. The number of carbonyl (C=O) groups excluding carboxylic acids is 1. The van der Waals surface area contributed by atoms with E-state index < -0.39 is 5.41 Å². The Morgan fingerprint density at radius 2 is 1.77 bits per heavy atom. The number of phenolic OH excluding ortho intramolecular Hbond substituents is 1. The van der Waals surface area contributed by atoms with Gasteiger partial charge >= 0.3 is 5.97 Å². The fourth-order valence-corrected chi connectivity index (χ4v) is 3.14. The van der Waals surface area contributed by atoms with E-state index in [2.05, 4.69) is 10.2 Å². The van der Waals surface area contributed by atoms with Crippen LogP contribution in [0.25, 0.3) is 16.7 Å². The van der Waals surface area contributed by atoms with Crippen LogP contribution in [0.5, 0.6) is 5.75 Å². The average molecular weight is 430 g/mol. The Kier molecular flexibility index (Phi) is 5.83. The zero-order valence-corrected chi connectivity index (χ0v) is 19.0. The first-order valence-electron chi connectivity index (χ1n) is 9.99. The Morgan fingerprint density at radius 1 is 1.10 bits per heavy atom. The molecule has 3 aromatic rings. The summed E-state index contributed by atoms with van der Waals surface area (Å²) in [4.78, 5) is 13.8. The first-order valence-corrected chi connectivity index (χ1v) is 10.4. The van der Waals surface area contributed by atoms with Crippen LogP contribution in [-0.2, 0) is 21.6 Å². The maximum Gasteiger partial charge on any atom is 0.311 e. The van der Waals surface area contributed by atoms with Crippen molar-refractivity contribution in [3.63, 3.8) is 0 Å². The number of halogens is 1. The van der Waals surface area contributed by atoms with Gasteiger partial charge in [0, 0.05) is 10.6 Å². The number of hydrogen-bond donors (Lipinski definition) is 1. The molecule has 160 valence electrons. The van der Waals surface area contributed by atoms with E-state index in [4.69, 9.17) is 16.3 Å². The standard InChI is InChI=1S/C23H28ClN3O3/c1-7-23(5,6)21(29)30-13-14-10-16(22(2,3)4)20(28)19(11-14)27-25-17-9-8-15(24)12-18(17)26-27/h8-12,28H,7,13H2,1-6H3. The Hall–Kier alpha value is -2.60. The second-order valence-corrected chi connectivity index (χ2v) is 9.63. The van der Waals surface area contributed by atoms with Crippen LogP contribution in [0.15, 0.2) is 30.3 Å². The summed E-state index contributed by atoms with van der Waals surface area (Å²) in [6.07, 6.45) is 0.687. The zero-order chi connectivity index (χ0) is 22.3. The van der Waals surface area contributed by atoms with E-state index in [1.165, 1.54) is 4.80 Å². The van der Waals surface area contributed by atoms with Crippen molar-refractivity contribution in [1.29, 1.82) is 0 Å². The SMILES string of the molecule is CCC(C)(C)C(=O)OCc1cc(-n2nc3ccc(Cl)cc3n2)c(O)c(C(C)(C)C)c1. The summed E-state index contributed by atoms with van der Waals surface area (Å²) in [6.45, 7) is 11.8. The summed E-state index contributed by atoms with van der Waals surface area (Å²) < 4.78 is 5.57. The van der Waals surface area contributed by atoms with Crippen molar-refractivity contribution in [2.24, 2.45) is 5.41 Å². The quantitative estimate of drug-likeness (QED) is 0.537. The molecule has 2 aromatic carbocycles. The maximum atomic E-state index is 12.4. The van der Waals surface area contributed by atoms with Crippen LogP contribution in [-0.4, -0.2) is 26.1 Å². The molecular weight excluding hydrogens is 402 g/mol. The van der Waals surface area contributed by atoms with E-state index in [0.717, 1.165) is 11.1 Å². The fraction of sp³-hybridized carbons (Fsp3) is 0.435. The summed E-state index contributed by atoms with van der Waals surface area (Å²) >= 11 is 6.06. The lowest BCUT2D eigenvalue weighted by atomic mass is 9.85. The van der Waals surface area contributed by atoms with Crippen LogP contribution in [0.2, 0.25) is 5.02 Å². The van der Waals surface area contributed by atoms with Gasteiger partial charge < -0.3 is 9.84 Å². The lowest BCUT2D eigenvalue weighted by molar-refractivity contribution is -0.155. The van der Waals surface area contributed by atoms with Crippen molar-refractivity contribution in [1.82, 2.24) is 15.0 Å². The molecule has 0 radical (unpaired) electrons. The molecule has 0 saturated carbocycles. The monoisotopic (exact) mass is 429 g/mol. The Labute approximate surface area is 181 Å². The van der Waals surface area contributed by atoms with E-state index in [1.807, 2.05) is 47.6 Å². The van der Waals surface area contributed by atoms with Gasteiger partial charge in [0.05, 0.1) is 5.41 Å². The van der Waals surface area contributed by atoms with Crippen molar-refractivity contribution < 1.29 is 14.6 Å². The van der Waals surface area contributed by atoms with Gasteiger partial charge in [-0.05, 0) is 61.6 Å². The predicted octanol–water partition coefficient (Wildman–Crippen LogP) is 5.56. The number of phenols is 1. The number of hydrogen-bond acceptors (Lipinski definition) is 5. The summed E-state index contributed by atoms with van der Waals surface area (Å²) in [5.41, 5.74) is 2.31. The third-order valence-electron chi connectivity index (χ3n) is 5.32. The van der Waals surface area contributed by atoms with E-state index in [-0.39, 0.29) is 23.7 Å². The lowest BCUT2D eigenvalue weighted by Gasteiger charge is -2.24. The molecule has 0 aliphatic carbocycles. The number of nitrogens with zero attached hydrogens (tertiary/aromatic N) is 3. The molecule has 7 heteroatoms. The van der Waals surface area contributed by atoms with Gasteiger partial charge in [0.25, 0.3) is 0 Å². The molecule has 0 saturated heterocycles. The molecule has 3 rings (SSSR count). The molecule has 0 atom stereocenters. The molecule has 30 heavy (non-hydrogen) atoms. The number of benzene rings is 2. The van der Waals surface area contributed by atoms with Crippen molar-refractivity contribution in [3.8, 4) is 11.4 Å². The van der Waals surface area contributed by atoms with Gasteiger partial charge in [-0.15, -0.1) is 15.0 Å². The Bertz CT molecular complexity index is 1100. The van der Waals surface area contributed by atoms with Gasteiger partial charge in [0.2, 0.25) is 0 Å². The highest BCUT2D eigenvalue weighted by Gasteiger charge is 2.28. The number of ether oxygens (including phenoxy) is 1. The molecule has 6 nitrogen and oxygen atoms in total. The van der Waals surface area contributed by atoms with Crippen LogP contribution >= 0.6 is 11.6 Å². The highest BCUT2D eigenvalue weighted by Crippen LogP contribution is 2.36. The molecule has 1 aromatic heterocycles. The van der Waals surface area contributed by atoms with Crippen LogP contribution in [0.4, 0.5) is 0 Å². The minimum atomic E-state index is -0.548. The van der Waals surface area contributed by atoms with Gasteiger partial charge in [-0.25, -0.2) is 0 Å². The van der Waals surface area contributed by atoms with Gasteiger partial charge in [-0.2, -0.15) is 0 Å². The van der Waals surface area contributed by atoms with E-state index in [9.17, 15) is 9.90 Å². The van der Waals surface area contributed by atoms with Crippen molar-refractivity contribution in [2.75, 3.05) is 0 Å². The molecule has 0 unspecified atom stereocenters. The van der Waals surface area contributed by atoms with Crippen LogP contribution in [0.1, 0.15) is 59.1 Å². The first-order chi connectivity index (χ1) is 13.9. The molecule has 0 fully saturated rings. The minimum Gasteiger partial charge on any atom is -0.505 e. The van der Waals surface area contributed by atoms with Crippen LogP contribution in [0, 0.1) is 5.41 Å². The molecule has 0 aliphatic heterocycles. The Morgan fingerprint density at radius 3 is 2.40 bits per heavy atom. The number of esters is 1. The summed E-state index contributed by atoms with van der Waals surface area (Å²) in [7, 11) is 0. The maximum absolute atomic E-state index is 12.4. The van der Waals surface area contributed by atoms with Gasteiger partial charge in [0.1, 0.15) is 29.1 Å². The van der Waals surface area contributed by atoms with E-state index >= 15 is 0 Å². The summed E-state index contributed by atoms with van der Waals surface area (Å²) in [6, 6.07) is 8.86. The lowest BCUT2D eigenvalue weighted by Crippen LogP contribution is -2.25. The molecular formula is C23H28ClN3O3. The van der Waals surface area contributed by atoms with Crippen LogP contribution in [0.3, 0.4) is 0 Å². The Balaban J connectivity index is 2.05. The van der Waals surface area contributed by atoms with E-state index in [0.29, 0.717) is 28.2 Å². The summed E-state index contributed by atoms with van der Waals surface area (Å²) in [5.74, 6) is -0.160. The molecule has 0 amide bonds. The predicted molar refractivity (Wildman–Crippen MR) is 118 cm³/mol. The second kappa shape index (κ2) is 7.91. The first kappa shape index (κ1) is 22.1. The molecule has 1 N–H and O–H groups in total. The molecule has 0 aliphatic rings. The number of aromatic hydroxyl groups is 1. The minimum absolute atomic E-state index is 0.0952. The summed E-state index contributed by atoms with van der Waals surface area (Å²) in [5, 5.41) is 20.5. The molecule has 0 spiro atoms. The van der Waals surface area contributed by atoms with Gasteiger partial charge in [-0.3, -0.25) is 4.79 Å². The average Bonchev–Trinajstić information content (AvgIpc) is 3.08. The van der Waals surface area contributed by atoms with Crippen LogP contribution < -0.4 is 0 Å². The van der Waals surface area contributed by atoms with E-state index in [1.54, 1.807) is 24.3 Å². The third kappa shape index (κ3) is 4.43. The fourth-order valence-electron chi connectivity index (χ4n) is 2.97. The van der Waals surface area contributed by atoms with Crippen molar-refractivity contribution >= 4 is 28.6 Å².